The lowest BCUT2D eigenvalue weighted by molar-refractivity contribution is 0.0981. The van der Waals surface area contributed by atoms with Gasteiger partial charge in [0, 0.05) is 26.2 Å². The number of halogens is 1. The van der Waals surface area contributed by atoms with E-state index in [1.165, 1.54) is 12.8 Å². The number of rotatable bonds is 2. The lowest BCUT2D eigenvalue weighted by Crippen LogP contribution is -2.45. The summed E-state index contributed by atoms with van der Waals surface area (Å²) in [7, 11) is 1.80. The van der Waals surface area contributed by atoms with Gasteiger partial charge in [0.25, 0.3) is 5.91 Å². The largest absolute Gasteiger partial charge is 0.365 e. The Labute approximate surface area is 140 Å². The minimum absolute atomic E-state index is 0.124. The van der Waals surface area contributed by atoms with Gasteiger partial charge in [-0.15, -0.1) is 0 Å². The monoisotopic (exact) mass is 330 g/mol. The van der Waals surface area contributed by atoms with Crippen molar-refractivity contribution in [3.63, 3.8) is 0 Å². The van der Waals surface area contributed by atoms with Gasteiger partial charge in [-0.1, -0.05) is 23.7 Å². The van der Waals surface area contributed by atoms with Gasteiger partial charge in [-0.05, 0) is 31.9 Å². The van der Waals surface area contributed by atoms with Gasteiger partial charge in [-0.3, -0.25) is 9.48 Å². The summed E-state index contributed by atoms with van der Waals surface area (Å²) in [6.45, 7) is 3.39. The second-order valence-electron chi connectivity index (χ2n) is 6.24. The van der Waals surface area contributed by atoms with E-state index in [2.05, 4.69) is 16.1 Å². The number of hydrogen-bond acceptors (Lipinski definition) is 3. The van der Waals surface area contributed by atoms with Gasteiger partial charge in [0.1, 0.15) is 0 Å². The predicted molar refractivity (Wildman–Crippen MR) is 91.4 cm³/mol. The molecule has 0 saturated heterocycles. The molecule has 0 spiro atoms. The smallest absolute Gasteiger partial charge is 0.280 e. The van der Waals surface area contributed by atoms with Crippen LogP contribution in [-0.4, -0.2) is 34.8 Å². The number of carbonyl (C=O) groups is 1. The fourth-order valence-electron chi connectivity index (χ4n) is 3.21. The molecule has 0 radical (unpaired) electrons. The van der Waals surface area contributed by atoms with Gasteiger partial charge in [0.2, 0.25) is 0 Å². The molecule has 1 amide bonds. The Kier molecular flexibility index (Phi) is 3.34. The molecule has 1 aliphatic heterocycles. The summed E-state index contributed by atoms with van der Waals surface area (Å²) in [6, 6.07) is 8.74. The Balaban J connectivity index is 1.73. The molecule has 2 heterocycles. The van der Waals surface area contributed by atoms with Crippen molar-refractivity contribution < 1.29 is 4.79 Å². The van der Waals surface area contributed by atoms with Gasteiger partial charge < -0.3 is 9.80 Å². The fourth-order valence-corrected chi connectivity index (χ4v) is 3.45. The molecule has 1 aromatic carbocycles. The lowest BCUT2D eigenvalue weighted by Gasteiger charge is -2.37. The number of anilines is 2. The Morgan fingerprint density at radius 2 is 1.91 bits per heavy atom. The molecular formula is C17H19ClN4O. The number of nitrogens with zero attached hydrogens (tertiary/aromatic N) is 4. The molecule has 0 unspecified atom stereocenters. The molecule has 0 atom stereocenters. The molecule has 2 aromatic rings. The first kappa shape index (κ1) is 14.6. The Morgan fingerprint density at radius 3 is 2.52 bits per heavy atom. The Morgan fingerprint density at radius 1 is 1.22 bits per heavy atom. The van der Waals surface area contributed by atoms with Crippen LogP contribution < -0.4 is 9.80 Å². The topological polar surface area (TPSA) is 41.4 Å². The van der Waals surface area contributed by atoms with Gasteiger partial charge >= 0.3 is 0 Å². The summed E-state index contributed by atoms with van der Waals surface area (Å²) in [5, 5.41) is 4.75. The molecule has 4 rings (SSSR count). The fraction of sp³-hybridized carbons (Fsp3) is 0.412. The number of aryl methyl sites for hydroxylation is 1. The quantitative estimate of drug-likeness (QED) is 0.850. The van der Waals surface area contributed by atoms with E-state index in [1.807, 2.05) is 30.0 Å². The maximum absolute atomic E-state index is 13.0. The van der Waals surface area contributed by atoms with Gasteiger partial charge in [-0.2, -0.15) is 5.10 Å². The van der Waals surface area contributed by atoms with Crippen LogP contribution in [0.3, 0.4) is 0 Å². The SMILES string of the molecule is Cc1c(Cl)c(C(=O)N2CCN(C3CC3)c3ccccc32)nn1C. The van der Waals surface area contributed by atoms with Crippen molar-refractivity contribution in [3.05, 3.63) is 40.7 Å². The van der Waals surface area contributed by atoms with Crippen LogP contribution in [-0.2, 0) is 7.05 Å². The first-order valence-electron chi connectivity index (χ1n) is 7.94. The third-order valence-corrected chi connectivity index (χ3v) is 5.20. The van der Waals surface area contributed by atoms with Crippen LogP contribution in [0, 0.1) is 6.92 Å². The molecule has 1 aromatic heterocycles. The van der Waals surface area contributed by atoms with E-state index in [0.717, 1.165) is 23.6 Å². The van der Waals surface area contributed by atoms with Crippen molar-refractivity contribution in [1.82, 2.24) is 9.78 Å². The van der Waals surface area contributed by atoms with Crippen molar-refractivity contribution in [1.29, 1.82) is 0 Å². The molecule has 0 bridgehead atoms. The van der Waals surface area contributed by atoms with Crippen molar-refractivity contribution >= 4 is 28.9 Å². The van der Waals surface area contributed by atoms with E-state index < -0.39 is 0 Å². The minimum Gasteiger partial charge on any atom is -0.365 e. The van der Waals surface area contributed by atoms with Crippen LogP contribution in [0.15, 0.2) is 24.3 Å². The predicted octanol–water partition coefficient (Wildman–Crippen LogP) is 3.01. The zero-order valence-electron chi connectivity index (χ0n) is 13.3. The molecule has 120 valence electrons. The van der Waals surface area contributed by atoms with Crippen molar-refractivity contribution in [2.75, 3.05) is 22.9 Å². The van der Waals surface area contributed by atoms with Gasteiger partial charge in [0.05, 0.1) is 22.1 Å². The summed E-state index contributed by atoms with van der Waals surface area (Å²) in [5.41, 5.74) is 3.23. The number of aromatic nitrogens is 2. The second kappa shape index (κ2) is 5.27. The molecule has 0 N–H and O–H groups in total. The molecule has 5 nitrogen and oxygen atoms in total. The van der Waals surface area contributed by atoms with Crippen LogP contribution in [0.5, 0.6) is 0 Å². The van der Waals surface area contributed by atoms with Crippen LogP contribution in [0.2, 0.25) is 5.02 Å². The van der Waals surface area contributed by atoms with E-state index in [4.69, 9.17) is 11.6 Å². The number of amides is 1. The summed E-state index contributed by atoms with van der Waals surface area (Å²) < 4.78 is 1.65. The van der Waals surface area contributed by atoms with E-state index >= 15 is 0 Å². The lowest BCUT2D eigenvalue weighted by atomic mass is 10.1. The first-order chi connectivity index (χ1) is 11.1. The maximum Gasteiger partial charge on any atom is 0.280 e. The van der Waals surface area contributed by atoms with Crippen LogP contribution in [0.25, 0.3) is 0 Å². The molecule has 1 aliphatic carbocycles. The minimum atomic E-state index is -0.124. The number of fused-ring (bicyclic) bond motifs is 1. The van der Waals surface area contributed by atoms with Gasteiger partial charge in [0.15, 0.2) is 5.69 Å². The highest BCUT2D eigenvalue weighted by Gasteiger charge is 2.36. The molecule has 1 saturated carbocycles. The Hall–Kier alpha value is -2.01. The maximum atomic E-state index is 13.0. The summed E-state index contributed by atoms with van der Waals surface area (Å²) in [5.74, 6) is -0.124. The zero-order valence-corrected chi connectivity index (χ0v) is 14.0. The molecular weight excluding hydrogens is 312 g/mol. The number of para-hydroxylation sites is 2. The van der Waals surface area contributed by atoms with Crippen LogP contribution >= 0.6 is 11.6 Å². The number of carbonyl (C=O) groups excluding carboxylic acids is 1. The summed E-state index contributed by atoms with van der Waals surface area (Å²) in [6.07, 6.45) is 2.49. The van der Waals surface area contributed by atoms with E-state index in [0.29, 0.717) is 23.3 Å². The summed E-state index contributed by atoms with van der Waals surface area (Å²) in [4.78, 5) is 17.2. The number of hydrogen-bond donors (Lipinski definition) is 0. The Bertz CT molecular complexity index is 781. The van der Waals surface area contributed by atoms with Crippen LogP contribution in [0.4, 0.5) is 11.4 Å². The van der Waals surface area contributed by atoms with E-state index in [-0.39, 0.29) is 5.91 Å². The average Bonchev–Trinajstić information content (AvgIpc) is 3.37. The highest BCUT2D eigenvalue weighted by molar-refractivity contribution is 6.35. The third kappa shape index (κ3) is 2.30. The first-order valence-corrected chi connectivity index (χ1v) is 8.32. The second-order valence-corrected chi connectivity index (χ2v) is 6.62. The van der Waals surface area contributed by atoms with Crippen LogP contribution in [0.1, 0.15) is 29.0 Å². The summed E-state index contributed by atoms with van der Waals surface area (Å²) >= 11 is 6.30. The average molecular weight is 331 g/mol. The normalized spacial score (nSPS) is 17.3. The highest BCUT2D eigenvalue weighted by Crippen LogP contribution is 2.40. The number of benzene rings is 1. The van der Waals surface area contributed by atoms with E-state index in [1.54, 1.807) is 11.7 Å². The molecule has 2 aliphatic rings. The third-order valence-electron chi connectivity index (χ3n) is 4.74. The standard InChI is InChI=1S/C17H19ClN4O/c1-11-15(18)16(19-20(11)2)17(23)22-10-9-21(12-7-8-12)13-5-3-4-6-14(13)22/h3-6,12H,7-10H2,1-2H3. The van der Waals surface area contributed by atoms with Crippen molar-refractivity contribution in [3.8, 4) is 0 Å². The van der Waals surface area contributed by atoms with Crippen molar-refractivity contribution in [2.45, 2.75) is 25.8 Å². The molecule has 23 heavy (non-hydrogen) atoms. The highest BCUT2D eigenvalue weighted by atomic mass is 35.5. The van der Waals surface area contributed by atoms with E-state index in [9.17, 15) is 4.79 Å². The molecule has 6 heteroatoms. The van der Waals surface area contributed by atoms with Crippen molar-refractivity contribution in [2.24, 2.45) is 7.05 Å². The zero-order chi connectivity index (χ0) is 16.1. The van der Waals surface area contributed by atoms with Gasteiger partial charge in [-0.25, -0.2) is 0 Å². The molecule has 1 fully saturated rings.